The third-order valence-electron chi connectivity index (χ3n) is 7.81. The van der Waals surface area contributed by atoms with Crippen LogP contribution >= 0.6 is 0 Å². The minimum atomic E-state index is -2.79. The number of hydrogen-bond acceptors (Lipinski definition) is 3. The third-order valence-corrected chi connectivity index (χ3v) is 12.9. The van der Waals surface area contributed by atoms with Crippen LogP contribution in [-0.2, 0) is 14.0 Å². The van der Waals surface area contributed by atoms with Crippen molar-refractivity contribution in [1.82, 2.24) is 0 Å². The second-order valence-corrected chi connectivity index (χ2v) is 16.5. The van der Waals surface area contributed by atoms with Crippen LogP contribution in [0.5, 0.6) is 0 Å². The molecule has 0 saturated heterocycles. The lowest BCUT2D eigenvalue weighted by molar-refractivity contribution is -0.117. The first kappa shape index (κ1) is 33.4. The van der Waals surface area contributed by atoms with Gasteiger partial charge in [-0.3, -0.25) is 0 Å². The predicted octanol–water partition coefficient (Wildman–Crippen LogP) is 8.15. The first-order valence-corrected chi connectivity index (χ1v) is 16.5. The fourth-order valence-corrected chi connectivity index (χ4v) is 10.1. The van der Waals surface area contributed by atoms with E-state index >= 15 is 0 Å². The number of aldehydes is 1. The number of carbonyl (C=O) groups is 2. The van der Waals surface area contributed by atoms with E-state index in [0.717, 1.165) is 31.1 Å². The van der Waals surface area contributed by atoms with Gasteiger partial charge in [0.05, 0.1) is 6.10 Å². The molecule has 2 atom stereocenters. The highest BCUT2D eigenvalue weighted by atomic mass is 28.4. The summed E-state index contributed by atoms with van der Waals surface area (Å²) in [5.41, 5.74) is 3.51. The van der Waals surface area contributed by atoms with Crippen molar-refractivity contribution < 1.29 is 14.0 Å². The smallest absolute Gasteiger partial charge is 0.261 e. The number of hydrogen-bond donors (Lipinski definition) is 0. The van der Waals surface area contributed by atoms with Gasteiger partial charge in [0, 0.05) is 12.8 Å². The summed E-state index contributed by atoms with van der Waals surface area (Å²) in [6, 6.07) is 21.4. The van der Waals surface area contributed by atoms with Crippen LogP contribution in [0.1, 0.15) is 87.0 Å². The van der Waals surface area contributed by atoms with Gasteiger partial charge in [-0.15, -0.1) is 0 Å². The van der Waals surface area contributed by atoms with E-state index in [9.17, 15) is 9.59 Å². The van der Waals surface area contributed by atoms with E-state index < -0.39 is 8.32 Å². The Hall–Kier alpha value is -2.82. The molecule has 0 saturated carbocycles. The van der Waals surface area contributed by atoms with E-state index in [1.165, 1.54) is 21.5 Å². The van der Waals surface area contributed by atoms with Crippen LogP contribution in [0.4, 0.5) is 0 Å². The van der Waals surface area contributed by atoms with Crippen molar-refractivity contribution in [1.29, 1.82) is 0 Å². The van der Waals surface area contributed by atoms with Crippen molar-refractivity contribution in [3.8, 4) is 0 Å². The molecule has 4 heteroatoms. The number of Topliss-reactive ketones (excluding diaryl/α,β-unsaturated/α-hetero) is 1. The molecule has 0 aliphatic rings. The fraction of sp³-hybridized carbons (Fsp3) is 0.444. The topological polar surface area (TPSA) is 43.4 Å². The number of ketones is 1. The minimum Gasteiger partial charge on any atom is -0.401 e. The van der Waals surface area contributed by atoms with Crippen molar-refractivity contribution in [3.63, 3.8) is 0 Å². The van der Waals surface area contributed by atoms with Crippen molar-refractivity contribution in [2.24, 2.45) is 5.92 Å². The molecule has 0 aliphatic heterocycles. The molecule has 2 aromatic carbocycles. The van der Waals surface area contributed by atoms with E-state index in [2.05, 4.69) is 114 Å². The van der Waals surface area contributed by atoms with Gasteiger partial charge in [-0.1, -0.05) is 111 Å². The molecule has 0 radical (unpaired) electrons. The average molecular weight is 559 g/mol. The highest BCUT2D eigenvalue weighted by molar-refractivity contribution is 6.99. The maximum absolute atomic E-state index is 11.6. The van der Waals surface area contributed by atoms with E-state index in [1.807, 2.05) is 6.92 Å². The zero-order chi connectivity index (χ0) is 29.8. The summed E-state index contributed by atoms with van der Waals surface area (Å²) in [5, 5.41) is 2.35. The lowest BCUT2D eigenvalue weighted by Gasteiger charge is -2.46. The Morgan fingerprint density at radius 2 is 1.40 bits per heavy atom. The Labute approximate surface area is 244 Å². The minimum absolute atomic E-state index is 0.0530. The maximum atomic E-state index is 11.6. The molecule has 0 unspecified atom stereocenters. The van der Waals surface area contributed by atoms with E-state index in [4.69, 9.17) is 4.43 Å². The summed E-state index contributed by atoms with van der Waals surface area (Å²) < 4.78 is 7.57. The zero-order valence-electron chi connectivity index (χ0n) is 25.8. The van der Waals surface area contributed by atoms with Crippen molar-refractivity contribution in [2.45, 2.75) is 98.1 Å². The molecule has 0 aliphatic carbocycles. The van der Waals surface area contributed by atoms with Crippen molar-refractivity contribution >= 4 is 30.8 Å². The molecule has 0 heterocycles. The van der Waals surface area contributed by atoms with Crippen LogP contribution in [0.15, 0.2) is 96.1 Å². The second-order valence-electron chi connectivity index (χ2n) is 12.2. The van der Waals surface area contributed by atoms with E-state index in [1.54, 1.807) is 6.92 Å². The highest BCUT2D eigenvalue weighted by Crippen LogP contribution is 2.39. The predicted molar refractivity (Wildman–Crippen MR) is 173 cm³/mol. The van der Waals surface area contributed by atoms with Crippen LogP contribution < -0.4 is 10.4 Å². The quantitative estimate of drug-likeness (QED) is 0.119. The van der Waals surface area contributed by atoms with Gasteiger partial charge in [-0.25, -0.2) is 0 Å². The first-order chi connectivity index (χ1) is 18.9. The Morgan fingerprint density at radius 3 is 1.85 bits per heavy atom. The lowest BCUT2D eigenvalue weighted by Crippen LogP contribution is -2.67. The average Bonchev–Trinajstić information content (AvgIpc) is 2.90. The number of carbonyl (C=O) groups excluding carboxylic acids is 2. The SMILES string of the molecule is C=C(C)[C@@H](CC=O)C[C@H](O[Si](c1ccccc1)(c1ccccc1)C(C)(C)C)/C(C)=C/CC/C(C)=C/CCC(C)=O. The maximum Gasteiger partial charge on any atom is 0.261 e. The fourth-order valence-electron chi connectivity index (χ4n) is 5.39. The summed E-state index contributed by atoms with van der Waals surface area (Å²) in [5.74, 6) is 0.280. The molecule has 2 rings (SSSR count). The monoisotopic (exact) mass is 558 g/mol. The largest absolute Gasteiger partial charge is 0.401 e. The number of benzene rings is 2. The van der Waals surface area contributed by atoms with Gasteiger partial charge < -0.3 is 14.0 Å². The molecule has 0 aromatic heterocycles. The Balaban J connectivity index is 2.56. The number of rotatable bonds is 16. The van der Waals surface area contributed by atoms with Crippen LogP contribution in [0.2, 0.25) is 5.04 Å². The van der Waals surface area contributed by atoms with Gasteiger partial charge in [0.2, 0.25) is 0 Å². The first-order valence-electron chi connectivity index (χ1n) is 14.6. The van der Waals surface area contributed by atoms with Crippen molar-refractivity contribution in [3.05, 3.63) is 96.1 Å². The highest BCUT2D eigenvalue weighted by Gasteiger charge is 2.51. The second kappa shape index (κ2) is 15.8. The number of allylic oxidation sites excluding steroid dienone is 4. The standard InChI is InChI=1S/C36H50O3Si/c1-28(2)32(25-26-37)27-35(30(4)19-15-17-29(3)18-16-20-31(5)38)39-40(36(6,7)8,33-21-11-9-12-22-33)34-23-13-10-14-24-34/h9-14,18-19,21-24,26,32,35H,1,15-17,20,25,27H2,2-8H3/b29-18+,30-19+/t32-,35-/m0/s1. The summed E-state index contributed by atoms with van der Waals surface area (Å²) in [4.78, 5) is 22.9. The summed E-state index contributed by atoms with van der Waals surface area (Å²) in [6.45, 7) is 19.1. The van der Waals surface area contributed by atoms with Crippen LogP contribution in [0.3, 0.4) is 0 Å². The summed E-state index contributed by atoms with van der Waals surface area (Å²) in [6.07, 6.45) is 9.75. The zero-order valence-corrected chi connectivity index (χ0v) is 26.8. The molecule has 0 spiro atoms. The molecular formula is C36H50O3Si. The van der Waals surface area contributed by atoms with Gasteiger partial charge >= 0.3 is 0 Å². The molecule has 0 N–H and O–H groups in total. The van der Waals surface area contributed by atoms with E-state index in [0.29, 0.717) is 19.3 Å². The molecule has 0 amide bonds. The molecule has 3 nitrogen and oxygen atoms in total. The van der Waals surface area contributed by atoms with Crippen molar-refractivity contribution in [2.75, 3.05) is 0 Å². The Bertz CT molecular complexity index is 1120. The van der Waals surface area contributed by atoms with Gasteiger partial charge in [0.15, 0.2) is 0 Å². The third kappa shape index (κ3) is 9.38. The Kier molecular flexibility index (Phi) is 13.2. The molecule has 0 bridgehead atoms. The lowest BCUT2D eigenvalue weighted by atomic mass is 9.90. The van der Waals surface area contributed by atoms with Crippen LogP contribution in [0, 0.1) is 5.92 Å². The normalized spacial score (nSPS) is 14.5. The molecule has 2 aromatic rings. The molecule has 40 heavy (non-hydrogen) atoms. The molecule has 0 fully saturated rings. The summed E-state index contributed by atoms with van der Waals surface area (Å²) in [7, 11) is -2.79. The van der Waals surface area contributed by atoms with Crippen LogP contribution in [0.25, 0.3) is 0 Å². The van der Waals surface area contributed by atoms with Gasteiger partial charge in [0.1, 0.15) is 12.1 Å². The summed E-state index contributed by atoms with van der Waals surface area (Å²) >= 11 is 0. The van der Waals surface area contributed by atoms with Gasteiger partial charge in [-0.2, -0.15) is 0 Å². The van der Waals surface area contributed by atoms with Gasteiger partial charge in [0.25, 0.3) is 8.32 Å². The molecule has 216 valence electrons. The van der Waals surface area contributed by atoms with Gasteiger partial charge in [-0.05, 0) is 80.3 Å². The Morgan fingerprint density at radius 1 is 0.875 bits per heavy atom. The molecular weight excluding hydrogens is 508 g/mol. The van der Waals surface area contributed by atoms with Crippen LogP contribution in [-0.4, -0.2) is 26.5 Å². The van der Waals surface area contributed by atoms with E-state index in [-0.39, 0.29) is 22.8 Å².